The van der Waals surface area contributed by atoms with E-state index in [4.69, 9.17) is 0 Å². The number of benzene rings is 1. The first-order valence-electron chi connectivity index (χ1n) is 6.86. The Bertz CT molecular complexity index is 481. The fourth-order valence-corrected chi connectivity index (χ4v) is 2.58. The number of nitrogens with one attached hydrogen (secondary N) is 1. The van der Waals surface area contributed by atoms with Crippen molar-refractivity contribution in [1.29, 1.82) is 0 Å². The molecule has 19 heavy (non-hydrogen) atoms. The molecule has 3 heteroatoms. The number of carbonyl (C=O) groups is 1. The summed E-state index contributed by atoms with van der Waals surface area (Å²) in [5.41, 5.74) is 3.46. The number of nitrogens with zero attached hydrogens (tertiary/aromatic N) is 1. The lowest BCUT2D eigenvalue weighted by molar-refractivity contribution is -0.130. The van der Waals surface area contributed by atoms with Crippen LogP contribution >= 0.6 is 0 Å². The Labute approximate surface area is 115 Å². The van der Waals surface area contributed by atoms with Crippen LogP contribution in [0.4, 0.5) is 5.69 Å². The summed E-state index contributed by atoms with van der Waals surface area (Å²) in [6.45, 7) is 10.1. The summed E-state index contributed by atoms with van der Waals surface area (Å²) in [7, 11) is 0. The van der Waals surface area contributed by atoms with Gasteiger partial charge < -0.3 is 10.2 Å². The third-order valence-electron chi connectivity index (χ3n) is 3.56. The van der Waals surface area contributed by atoms with E-state index in [1.807, 2.05) is 30.9 Å². The minimum absolute atomic E-state index is 0.217. The van der Waals surface area contributed by atoms with Crippen LogP contribution in [0, 0.1) is 0 Å². The van der Waals surface area contributed by atoms with Crippen LogP contribution in [0.15, 0.2) is 36.4 Å². The van der Waals surface area contributed by atoms with Crippen LogP contribution in [-0.2, 0) is 4.79 Å². The second-order valence-corrected chi connectivity index (χ2v) is 5.23. The van der Waals surface area contributed by atoms with Crippen molar-refractivity contribution in [1.82, 2.24) is 4.90 Å². The van der Waals surface area contributed by atoms with Crippen LogP contribution in [-0.4, -0.2) is 30.4 Å². The standard InChI is InChI=1S/C16H22N2O/c1-4-18(11-12(2)3)16(19)9-13-10-17-15-8-6-5-7-14(13)15/h5-8,13,17H,2,4,9-11H2,1,3H3. The molecule has 1 atom stereocenters. The van der Waals surface area contributed by atoms with E-state index in [0.29, 0.717) is 18.9 Å². The molecule has 1 aliphatic rings. The Morgan fingerprint density at radius 3 is 2.89 bits per heavy atom. The quantitative estimate of drug-likeness (QED) is 0.823. The van der Waals surface area contributed by atoms with Gasteiger partial charge in [0.1, 0.15) is 0 Å². The molecule has 3 nitrogen and oxygen atoms in total. The van der Waals surface area contributed by atoms with E-state index >= 15 is 0 Å². The van der Waals surface area contributed by atoms with Crippen molar-refractivity contribution >= 4 is 11.6 Å². The van der Waals surface area contributed by atoms with E-state index in [-0.39, 0.29) is 5.91 Å². The second-order valence-electron chi connectivity index (χ2n) is 5.23. The number of fused-ring (bicyclic) bond motifs is 1. The van der Waals surface area contributed by atoms with Gasteiger partial charge in [0.2, 0.25) is 5.91 Å². The molecule has 1 unspecified atom stereocenters. The third-order valence-corrected chi connectivity index (χ3v) is 3.56. The van der Waals surface area contributed by atoms with Gasteiger partial charge in [-0.2, -0.15) is 0 Å². The molecule has 1 aromatic rings. The fraction of sp³-hybridized carbons (Fsp3) is 0.438. The largest absolute Gasteiger partial charge is 0.384 e. The van der Waals surface area contributed by atoms with Crippen LogP contribution < -0.4 is 5.32 Å². The molecule has 1 N–H and O–H groups in total. The summed E-state index contributed by atoms with van der Waals surface area (Å²) in [5, 5.41) is 3.36. The lowest BCUT2D eigenvalue weighted by atomic mass is 9.97. The molecule has 1 amide bonds. The van der Waals surface area contributed by atoms with Gasteiger partial charge in [0.15, 0.2) is 0 Å². The van der Waals surface area contributed by atoms with Crippen molar-refractivity contribution in [2.24, 2.45) is 0 Å². The van der Waals surface area contributed by atoms with Crippen LogP contribution in [0.3, 0.4) is 0 Å². The number of hydrogen-bond donors (Lipinski definition) is 1. The van der Waals surface area contributed by atoms with Gasteiger partial charge in [-0.15, -0.1) is 0 Å². The number of likely N-dealkylation sites (N-methyl/N-ethyl adjacent to an activating group) is 1. The van der Waals surface area contributed by atoms with E-state index < -0.39 is 0 Å². The highest BCUT2D eigenvalue weighted by Crippen LogP contribution is 2.33. The maximum atomic E-state index is 12.3. The predicted molar refractivity (Wildman–Crippen MR) is 79.4 cm³/mol. The van der Waals surface area contributed by atoms with Gasteiger partial charge in [-0.25, -0.2) is 0 Å². The molecule has 1 heterocycles. The van der Waals surface area contributed by atoms with Crippen molar-refractivity contribution < 1.29 is 4.79 Å². The number of para-hydroxylation sites is 1. The number of hydrogen-bond acceptors (Lipinski definition) is 2. The molecule has 102 valence electrons. The number of anilines is 1. The Balaban J connectivity index is 2.02. The van der Waals surface area contributed by atoms with Crippen molar-refractivity contribution in [3.8, 4) is 0 Å². The zero-order valence-corrected chi connectivity index (χ0v) is 11.8. The van der Waals surface area contributed by atoms with E-state index in [1.54, 1.807) is 0 Å². The minimum Gasteiger partial charge on any atom is -0.384 e. The van der Waals surface area contributed by atoms with Crippen molar-refractivity contribution in [3.05, 3.63) is 42.0 Å². The Morgan fingerprint density at radius 1 is 1.47 bits per heavy atom. The molecule has 2 rings (SSSR count). The molecule has 0 bridgehead atoms. The summed E-state index contributed by atoms with van der Waals surface area (Å²) in [4.78, 5) is 14.2. The van der Waals surface area contributed by atoms with Gasteiger partial charge >= 0.3 is 0 Å². The van der Waals surface area contributed by atoms with Gasteiger partial charge in [0.25, 0.3) is 0 Å². The first-order valence-corrected chi connectivity index (χ1v) is 6.86. The first kappa shape index (κ1) is 13.7. The number of carbonyl (C=O) groups excluding carboxylic acids is 1. The van der Waals surface area contributed by atoms with Crippen molar-refractivity contribution in [2.45, 2.75) is 26.2 Å². The average Bonchev–Trinajstić information content (AvgIpc) is 2.79. The normalized spacial score (nSPS) is 16.6. The lowest BCUT2D eigenvalue weighted by Crippen LogP contribution is -2.33. The van der Waals surface area contributed by atoms with Crippen molar-refractivity contribution in [3.63, 3.8) is 0 Å². The maximum absolute atomic E-state index is 12.3. The summed E-state index contributed by atoms with van der Waals surface area (Å²) < 4.78 is 0. The summed E-state index contributed by atoms with van der Waals surface area (Å²) in [6, 6.07) is 8.25. The van der Waals surface area contributed by atoms with Crippen LogP contribution in [0.2, 0.25) is 0 Å². The van der Waals surface area contributed by atoms with Gasteiger partial charge in [-0.05, 0) is 25.5 Å². The summed E-state index contributed by atoms with van der Waals surface area (Å²) in [5.74, 6) is 0.511. The Morgan fingerprint density at radius 2 is 2.21 bits per heavy atom. The Hall–Kier alpha value is -1.77. The smallest absolute Gasteiger partial charge is 0.223 e. The summed E-state index contributed by atoms with van der Waals surface area (Å²) >= 11 is 0. The van der Waals surface area contributed by atoms with E-state index in [9.17, 15) is 4.79 Å². The molecule has 0 aromatic heterocycles. The molecule has 0 spiro atoms. The zero-order valence-electron chi connectivity index (χ0n) is 11.8. The van der Waals surface area contributed by atoms with E-state index in [2.05, 4.69) is 24.0 Å². The highest BCUT2D eigenvalue weighted by Gasteiger charge is 2.25. The number of rotatable bonds is 5. The topological polar surface area (TPSA) is 32.3 Å². The monoisotopic (exact) mass is 258 g/mol. The fourth-order valence-electron chi connectivity index (χ4n) is 2.58. The molecule has 0 saturated heterocycles. The molecular formula is C16H22N2O. The minimum atomic E-state index is 0.217. The zero-order chi connectivity index (χ0) is 13.8. The maximum Gasteiger partial charge on any atom is 0.223 e. The van der Waals surface area contributed by atoms with Gasteiger partial charge in [0, 0.05) is 37.7 Å². The van der Waals surface area contributed by atoms with Gasteiger partial charge in [0.05, 0.1) is 0 Å². The molecule has 0 fully saturated rings. The van der Waals surface area contributed by atoms with E-state index in [0.717, 1.165) is 18.7 Å². The van der Waals surface area contributed by atoms with Crippen LogP contribution in [0.5, 0.6) is 0 Å². The molecule has 1 aliphatic heterocycles. The molecule has 0 radical (unpaired) electrons. The predicted octanol–water partition coefficient (Wildman–Crippen LogP) is 3.01. The molecule has 0 aliphatic carbocycles. The van der Waals surface area contributed by atoms with Crippen LogP contribution in [0.25, 0.3) is 0 Å². The second kappa shape index (κ2) is 5.91. The van der Waals surface area contributed by atoms with Gasteiger partial charge in [-0.3, -0.25) is 4.79 Å². The Kier molecular flexibility index (Phi) is 4.25. The lowest BCUT2D eigenvalue weighted by Gasteiger charge is -2.22. The van der Waals surface area contributed by atoms with Crippen molar-refractivity contribution in [2.75, 3.05) is 25.0 Å². The summed E-state index contributed by atoms with van der Waals surface area (Å²) in [6.07, 6.45) is 0.575. The molecule has 1 aromatic carbocycles. The SMILES string of the molecule is C=C(C)CN(CC)C(=O)CC1CNc2ccccc21. The van der Waals surface area contributed by atoms with Gasteiger partial charge in [-0.1, -0.05) is 30.4 Å². The molecule has 0 saturated carbocycles. The third kappa shape index (κ3) is 3.16. The first-order chi connectivity index (χ1) is 9.11. The molecular weight excluding hydrogens is 236 g/mol. The highest BCUT2D eigenvalue weighted by molar-refractivity contribution is 5.78. The highest BCUT2D eigenvalue weighted by atomic mass is 16.2. The van der Waals surface area contributed by atoms with E-state index in [1.165, 1.54) is 11.3 Å². The van der Waals surface area contributed by atoms with Crippen LogP contribution in [0.1, 0.15) is 31.7 Å². The average molecular weight is 258 g/mol. The number of amides is 1.